The molecule has 1 aliphatic rings. The maximum absolute atomic E-state index is 2.51. The van der Waals surface area contributed by atoms with Gasteiger partial charge in [0.15, 0.2) is 0 Å². The molecule has 1 aromatic rings. The number of hydrogen-bond acceptors (Lipinski definition) is 1. The lowest BCUT2D eigenvalue weighted by molar-refractivity contribution is 0.383. The topological polar surface area (TPSA) is 3.24 Å². The average Bonchev–Trinajstić information content (AvgIpc) is 2.40. The number of benzene rings is 1. The van der Waals surface area contributed by atoms with Crippen molar-refractivity contribution in [2.75, 3.05) is 7.05 Å². The van der Waals surface area contributed by atoms with Crippen molar-refractivity contribution in [3.8, 4) is 0 Å². The van der Waals surface area contributed by atoms with Crippen LogP contribution in [0.5, 0.6) is 0 Å². The minimum Gasteiger partial charge on any atom is -0.370 e. The smallest absolute Gasteiger partial charge is 0.0798 e. The second-order valence-corrected chi connectivity index (χ2v) is 12.2. The zero-order chi connectivity index (χ0) is 15.6. The summed E-state index contributed by atoms with van der Waals surface area (Å²) in [6.45, 7) is 11.8. The predicted molar refractivity (Wildman–Crippen MR) is 96.1 cm³/mol. The number of rotatable bonds is 4. The summed E-state index contributed by atoms with van der Waals surface area (Å²) in [5, 5.41) is 1.62. The molecule has 0 fully saturated rings. The van der Waals surface area contributed by atoms with Gasteiger partial charge in [0, 0.05) is 7.05 Å². The van der Waals surface area contributed by atoms with Crippen molar-refractivity contribution in [1.29, 1.82) is 0 Å². The van der Waals surface area contributed by atoms with Crippen molar-refractivity contribution >= 4 is 8.07 Å². The lowest BCUT2D eigenvalue weighted by Crippen LogP contribution is -2.32. The molecule has 0 amide bonds. The van der Waals surface area contributed by atoms with E-state index in [4.69, 9.17) is 0 Å². The third-order valence-electron chi connectivity index (χ3n) is 4.31. The highest BCUT2D eigenvalue weighted by molar-refractivity contribution is 6.84. The summed E-state index contributed by atoms with van der Waals surface area (Å²) in [6.07, 6.45) is 7.36. The zero-order valence-corrected chi connectivity index (χ0v) is 15.4. The van der Waals surface area contributed by atoms with Crippen LogP contribution < -0.4 is 0 Å². The van der Waals surface area contributed by atoms with Crippen LogP contribution >= 0.6 is 0 Å². The molecule has 1 heterocycles. The molecule has 0 aliphatic carbocycles. The molecule has 0 aromatic heterocycles. The van der Waals surface area contributed by atoms with Crippen LogP contribution in [0.4, 0.5) is 0 Å². The molecule has 1 nitrogen and oxygen atoms in total. The molecule has 0 radical (unpaired) electrons. The Morgan fingerprint density at radius 2 is 1.81 bits per heavy atom. The van der Waals surface area contributed by atoms with Gasteiger partial charge in [0.1, 0.15) is 0 Å². The van der Waals surface area contributed by atoms with Crippen molar-refractivity contribution in [2.45, 2.75) is 52.4 Å². The van der Waals surface area contributed by atoms with Crippen LogP contribution in [0.1, 0.15) is 36.9 Å². The summed E-state index contributed by atoms with van der Waals surface area (Å²) in [5.74, 6) is 0. The van der Waals surface area contributed by atoms with Crippen molar-refractivity contribution in [3.63, 3.8) is 0 Å². The molecule has 0 saturated carbocycles. The molecule has 2 heteroatoms. The van der Waals surface area contributed by atoms with Gasteiger partial charge in [-0.15, -0.1) is 0 Å². The van der Waals surface area contributed by atoms with E-state index in [9.17, 15) is 0 Å². The van der Waals surface area contributed by atoms with E-state index in [0.29, 0.717) is 6.04 Å². The Labute approximate surface area is 131 Å². The Morgan fingerprint density at radius 1 is 1.14 bits per heavy atom. The summed E-state index contributed by atoms with van der Waals surface area (Å²) >= 11 is 0. The molecule has 0 saturated heterocycles. The van der Waals surface area contributed by atoms with Crippen LogP contribution in [0, 0.1) is 6.92 Å². The van der Waals surface area contributed by atoms with E-state index in [1.165, 1.54) is 24.0 Å². The quantitative estimate of drug-likeness (QED) is 0.666. The Bertz CT molecular complexity index is 563. The number of hydrogen-bond donors (Lipinski definition) is 0. The first-order chi connectivity index (χ1) is 9.84. The molecule has 1 aliphatic heterocycles. The van der Waals surface area contributed by atoms with Crippen LogP contribution in [0.2, 0.25) is 19.6 Å². The van der Waals surface area contributed by atoms with Crippen LogP contribution in [0.3, 0.4) is 0 Å². The van der Waals surface area contributed by atoms with E-state index in [2.05, 4.69) is 82.0 Å². The molecule has 1 atom stereocenters. The van der Waals surface area contributed by atoms with Crippen molar-refractivity contribution in [1.82, 2.24) is 4.90 Å². The van der Waals surface area contributed by atoms with Gasteiger partial charge in [-0.25, -0.2) is 0 Å². The van der Waals surface area contributed by atoms with Crippen LogP contribution in [-0.2, 0) is 0 Å². The maximum Gasteiger partial charge on any atom is 0.0798 e. The van der Waals surface area contributed by atoms with Crippen LogP contribution in [0.25, 0.3) is 0 Å². The lowest BCUT2D eigenvalue weighted by Gasteiger charge is -2.36. The second kappa shape index (κ2) is 6.23. The van der Waals surface area contributed by atoms with Crippen LogP contribution in [-0.4, -0.2) is 20.0 Å². The van der Waals surface area contributed by atoms with Gasteiger partial charge in [-0.1, -0.05) is 63.3 Å². The van der Waals surface area contributed by atoms with Crippen molar-refractivity contribution in [3.05, 3.63) is 58.4 Å². The van der Waals surface area contributed by atoms with Gasteiger partial charge < -0.3 is 4.90 Å². The zero-order valence-electron chi connectivity index (χ0n) is 14.4. The van der Waals surface area contributed by atoms with Crippen LogP contribution in [0.15, 0.2) is 47.3 Å². The first kappa shape index (κ1) is 16.1. The minimum atomic E-state index is -1.29. The summed E-state index contributed by atoms with van der Waals surface area (Å²) < 4.78 is 0. The highest BCUT2D eigenvalue weighted by atomic mass is 28.3. The molecule has 1 unspecified atom stereocenters. The Balaban J connectivity index is 2.44. The van der Waals surface area contributed by atoms with Gasteiger partial charge in [0.05, 0.1) is 14.1 Å². The molecule has 1 aromatic carbocycles. The molecule has 114 valence electrons. The summed E-state index contributed by atoms with van der Waals surface area (Å²) in [7, 11) is 0.927. The van der Waals surface area contributed by atoms with E-state index in [1.807, 2.05) is 0 Å². The monoisotopic (exact) mass is 299 g/mol. The van der Waals surface area contributed by atoms with E-state index >= 15 is 0 Å². The Kier molecular flexibility index (Phi) is 4.77. The molecule has 0 spiro atoms. The summed E-state index contributed by atoms with van der Waals surface area (Å²) in [5.41, 5.74) is 4.40. The van der Waals surface area contributed by atoms with Gasteiger partial charge in [-0.3, -0.25) is 0 Å². The average molecular weight is 300 g/mol. The van der Waals surface area contributed by atoms with E-state index in [0.717, 1.165) is 0 Å². The normalized spacial score (nSPS) is 19.3. The number of nitrogens with zero attached hydrogens (tertiary/aromatic N) is 1. The largest absolute Gasteiger partial charge is 0.370 e. The van der Waals surface area contributed by atoms with Gasteiger partial charge in [-0.2, -0.15) is 0 Å². The number of aryl methyl sites for hydroxylation is 1. The molecule has 0 bridgehead atoms. The first-order valence-electron chi connectivity index (χ1n) is 8.05. The molecule has 0 N–H and O–H groups in total. The van der Waals surface area contributed by atoms with E-state index in [1.54, 1.807) is 10.8 Å². The Morgan fingerprint density at radius 3 is 2.38 bits per heavy atom. The van der Waals surface area contributed by atoms with E-state index in [-0.39, 0.29) is 0 Å². The van der Waals surface area contributed by atoms with Gasteiger partial charge >= 0.3 is 0 Å². The lowest BCUT2D eigenvalue weighted by atomic mass is 9.95. The molecule has 2 rings (SSSR count). The molecular formula is C19H29NSi. The fourth-order valence-electron chi connectivity index (χ4n) is 3.16. The second-order valence-electron chi connectivity index (χ2n) is 7.20. The van der Waals surface area contributed by atoms with Gasteiger partial charge in [0.25, 0.3) is 0 Å². The first-order valence-corrected chi connectivity index (χ1v) is 11.6. The standard InChI is InChI=1S/C19H29NSi/c1-7-10-16-13-18(17-12-9-8-11-15(17)2)20(3)14-19(16)21(4,5)6/h8-9,11-14,18H,7,10H2,1-6H3. The van der Waals surface area contributed by atoms with Gasteiger partial charge in [-0.05, 0) is 41.4 Å². The SMILES string of the molecule is CCCC1=CC(c2ccccc2C)N(C)C=C1[Si](C)(C)C. The highest BCUT2D eigenvalue weighted by Crippen LogP contribution is 2.36. The Hall–Kier alpha value is -1.28. The third-order valence-corrected chi connectivity index (χ3v) is 6.38. The predicted octanol–water partition coefficient (Wildman–Crippen LogP) is 5.47. The molecular weight excluding hydrogens is 270 g/mol. The number of likely N-dealkylation sites (N-methyl/N-ethyl adjacent to an activating group) is 1. The number of allylic oxidation sites excluding steroid dienone is 2. The van der Waals surface area contributed by atoms with E-state index < -0.39 is 8.07 Å². The summed E-state index contributed by atoms with van der Waals surface area (Å²) in [6, 6.07) is 9.15. The highest BCUT2D eigenvalue weighted by Gasteiger charge is 2.28. The third kappa shape index (κ3) is 3.49. The summed E-state index contributed by atoms with van der Waals surface area (Å²) in [4.78, 5) is 2.40. The maximum atomic E-state index is 2.51. The van der Waals surface area contributed by atoms with Crippen molar-refractivity contribution in [2.24, 2.45) is 0 Å². The molecule has 21 heavy (non-hydrogen) atoms. The van der Waals surface area contributed by atoms with Gasteiger partial charge in [0.2, 0.25) is 0 Å². The fourth-order valence-corrected chi connectivity index (χ4v) is 4.92. The van der Waals surface area contributed by atoms with Crippen molar-refractivity contribution < 1.29 is 0 Å². The fraction of sp³-hybridized carbons (Fsp3) is 0.474. The minimum absolute atomic E-state index is 0.382.